The average Bonchev–Trinajstić information content (AvgIpc) is 2.73. The van der Waals surface area contributed by atoms with Crippen LogP contribution in [0.15, 0.2) is 12.1 Å². The Morgan fingerprint density at radius 3 is 2.32 bits per heavy atom. The van der Waals surface area contributed by atoms with Crippen molar-refractivity contribution in [2.75, 3.05) is 43.1 Å². The van der Waals surface area contributed by atoms with E-state index < -0.39 is 0 Å². The van der Waals surface area contributed by atoms with Crippen molar-refractivity contribution in [3.63, 3.8) is 0 Å². The summed E-state index contributed by atoms with van der Waals surface area (Å²) in [7, 11) is 1.57. The number of anilines is 2. The van der Waals surface area contributed by atoms with Gasteiger partial charge in [0.25, 0.3) is 0 Å². The van der Waals surface area contributed by atoms with Gasteiger partial charge in [-0.25, -0.2) is 4.98 Å². The highest BCUT2D eigenvalue weighted by Gasteiger charge is 2.20. The molecule has 0 unspecified atom stereocenters. The minimum Gasteiger partial charge on any atom is -0.504 e. The summed E-state index contributed by atoms with van der Waals surface area (Å²) >= 11 is 0. The maximum atomic E-state index is 10.4. The summed E-state index contributed by atoms with van der Waals surface area (Å²) in [6.45, 7) is 8.37. The van der Waals surface area contributed by atoms with Crippen molar-refractivity contribution in [2.45, 2.75) is 58.8 Å². The van der Waals surface area contributed by atoms with Gasteiger partial charge in [0.15, 0.2) is 11.5 Å². The van der Waals surface area contributed by atoms with Crippen LogP contribution in [-0.2, 0) is 0 Å². The lowest BCUT2D eigenvalue weighted by molar-refractivity contribution is 0.374. The Hall–Kier alpha value is -2.24. The Morgan fingerprint density at radius 1 is 1.04 bits per heavy atom. The first-order valence-electron chi connectivity index (χ1n) is 10.8. The van der Waals surface area contributed by atoms with E-state index in [-0.39, 0.29) is 5.75 Å². The minimum atomic E-state index is 0.136. The number of fused-ring (bicyclic) bond motifs is 1. The number of methoxy groups -OCH3 is 1. The van der Waals surface area contributed by atoms with Gasteiger partial charge in [-0.3, -0.25) is 0 Å². The molecule has 1 aliphatic heterocycles. The second kappa shape index (κ2) is 9.80. The van der Waals surface area contributed by atoms with Crippen molar-refractivity contribution in [1.82, 2.24) is 9.97 Å². The number of benzene rings is 1. The topological polar surface area (TPSA) is 61.7 Å². The van der Waals surface area contributed by atoms with Gasteiger partial charge in [0.05, 0.1) is 12.6 Å². The van der Waals surface area contributed by atoms with Crippen LogP contribution in [0.5, 0.6) is 11.5 Å². The number of phenols is 1. The van der Waals surface area contributed by atoms with Crippen molar-refractivity contribution in [3.8, 4) is 11.5 Å². The van der Waals surface area contributed by atoms with Crippen LogP contribution in [0.4, 0.5) is 11.8 Å². The molecule has 1 saturated heterocycles. The summed E-state index contributed by atoms with van der Waals surface area (Å²) in [5.41, 5.74) is 0.832. The highest BCUT2D eigenvalue weighted by atomic mass is 16.5. The second-order valence-corrected chi connectivity index (χ2v) is 7.63. The van der Waals surface area contributed by atoms with Gasteiger partial charge >= 0.3 is 0 Å². The highest BCUT2D eigenvalue weighted by Crippen LogP contribution is 2.36. The number of phenolic OH excluding ortho intramolecular Hbond substituents is 1. The molecule has 1 aromatic heterocycles. The zero-order valence-corrected chi connectivity index (χ0v) is 17.6. The molecular formula is C22H34N4O2. The monoisotopic (exact) mass is 386 g/mol. The molecular weight excluding hydrogens is 352 g/mol. The molecule has 28 heavy (non-hydrogen) atoms. The summed E-state index contributed by atoms with van der Waals surface area (Å²) in [6, 6.07) is 3.59. The van der Waals surface area contributed by atoms with Crippen LogP contribution in [0.25, 0.3) is 10.9 Å². The van der Waals surface area contributed by atoms with Crippen LogP contribution in [0, 0.1) is 0 Å². The first-order valence-corrected chi connectivity index (χ1v) is 10.8. The Kier molecular flexibility index (Phi) is 7.18. The Labute approximate surface area is 168 Å². The quantitative estimate of drug-likeness (QED) is 0.671. The van der Waals surface area contributed by atoms with Gasteiger partial charge in [-0.15, -0.1) is 0 Å². The van der Waals surface area contributed by atoms with Crippen molar-refractivity contribution >= 4 is 22.7 Å². The molecule has 1 aliphatic rings. The van der Waals surface area contributed by atoms with Gasteiger partial charge in [0.1, 0.15) is 5.82 Å². The largest absolute Gasteiger partial charge is 0.504 e. The number of hydrogen-bond donors (Lipinski definition) is 1. The van der Waals surface area contributed by atoms with Crippen LogP contribution in [-0.4, -0.2) is 48.4 Å². The first kappa shape index (κ1) is 20.5. The molecule has 0 saturated carbocycles. The molecule has 2 aromatic rings. The fraction of sp³-hybridized carbons (Fsp3) is 0.636. The van der Waals surface area contributed by atoms with E-state index in [4.69, 9.17) is 14.7 Å². The van der Waals surface area contributed by atoms with Crippen molar-refractivity contribution in [2.24, 2.45) is 0 Å². The molecule has 2 heterocycles. The van der Waals surface area contributed by atoms with Gasteiger partial charge < -0.3 is 19.6 Å². The lowest BCUT2D eigenvalue weighted by Gasteiger charge is -2.30. The van der Waals surface area contributed by atoms with Crippen molar-refractivity contribution in [1.29, 1.82) is 0 Å². The predicted molar refractivity (Wildman–Crippen MR) is 116 cm³/mol. The molecule has 0 radical (unpaired) electrons. The summed E-state index contributed by atoms with van der Waals surface area (Å²) in [6.07, 6.45) is 8.17. The molecule has 0 atom stereocenters. The molecule has 6 heteroatoms. The van der Waals surface area contributed by atoms with E-state index in [1.807, 2.05) is 6.07 Å². The van der Waals surface area contributed by atoms with Crippen LogP contribution >= 0.6 is 0 Å². The van der Waals surface area contributed by atoms with E-state index in [0.29, 0.717) is 5.75 Å². The van der Waals surface area contributed by atoms with Gasteiger partial charge in [0.2, 0.25) is 5.95 Å². The van der Waals surface area contributed by atoms with Gasteiger partial charge in [-0.2, -0.15) is 4.98 Å². The van der Waals surface area contributed by atoms with E-state index in [0.717, 1.165) is 74.5 Å². The summed E-state index contributed by atoms with van der Waals surface area (Å²) in [5.74, 6) is 2.32. The smallest absolute Gasteiger partial charge is 0.227 e. The third kappa shape index (κ3) is 4.59. The molecule has 1 N–H and O–H groups in total. The second-order valence-electron chi connectivity index (χ2n) is 7.63. The maximum Gasteiger partial charge on any atom is 0.227 e. The zero-order valence-electron chi connectivity index (χ0n) is 17.6. The summed E-state index contributed by atoms with van der Waals surface area (Å²) in [5, 5.41) is 11.3. The van der Waals surface area contributed by atoms with E-state index in [2.05, 4.69) is 23.6 Å². The molecule has 6 nitrogen and oxygen atoms in total. The minimum absolute atomic E-state index is 0.136. The average molecular weight is 387 g/mol. The lowest BCUT2D eigenvalue weighted by Crippen LogP contribution is -2.32. The van der Waals surface area contributed by atoms with Gasteiger partial charge in [-0.1, -0.05) is 26.7 Å². The van der Waals surface area contributed by atoms with Crippen LogP contribution in [0.2, 0.25) is 0 Å². The Bertz CT molecular complexity index is 767. The molecule has 1 aromatic carbocycles. The third-order valence-corrected chi connectivity index (χ3v) is 5.47. The predicted octanol–water partition coefficient (Wildman–Crippen LogP) is 4.74. The van der Waals surface area contributed by atoms with E-state index in [1.165, 1.54) is 19.3 Å². The van der Waals surface area contributed by atoms with E-state index in [1.54, 1.807) is 13.2 Å². The number of hydrogen-bond acceptors (Lipinski definition) is 6. The molecule has 0 spiro atoms. The molecule has 1 fully saturated rings. The molecule has 0 amide bonds. The number of aromatic nitrogens is 2. The van der Waals surface area contributed by atoms with E-state index in [9.17, 15) is 5.11 Å². The van der Waals surface area contributed by atoms with Crippen molar-refractivity contribution in [3.05, 3.63) is 12.1 Å². The summed E-state index contributed by atoms with van der Waals surface area (Å²) < 4.78 is 5.33. The number of aromatic hydroxyl groups is 1. The number of ether oxygens (including phenoxy) is 1. The first-order chi connectivity index (χ1) is 13.7. The molecule has 154 valence electrons. The highest BCUT2D eigenvalue weighted by molar-refractivity contribution is 5.93. The third-order valence-electron chi connectivity index (χ3n) is 5.47. The lowest BCUT2D eigenvalue weighted by atomic mass is 10.1. The maximum absolute atomic E-state index is 10.4. The SMILES string of the molecule is CCCCN(CCCC)c1nc(N2CCCCC2)nc2cc(OC)c(O)cc12. The standard InChI is InChI=1S/C22H34N4O2/c1-4-6-11-25(12-7-5-2)21-17-15-19(27)20(28-3)16-18(17)23-22(24-21)26-13-9-8-10-14-26/h15-16,27H,4-14H2,1-3H3. The molecule has 3 rings (SSSR count). The van der Waals surface area contributed by atoms with Gasteiger partial charge in [0, 0.05) is 37.6 Å². The molecule has 0 aliphatic carbocycles. The van der Waals surface area contributed by atoms with Crippen LogP contribution in [0.1, 0.15) is 58.8 Å². The Balaban J connectivity index is 2.10. The summed E-state index contributed by atoms with van der Waals surface area (Å²) in [4.78, 5) is 14.5. The fourth-order valence-electron chi connectivity index (χ4n) is 3.78. The number of rotatable bonds is 9. The zero-order chi connectivity index (χ0) is 19.9. The van der Waals surface area contributed by atoms with Crippen LogP contribution < -0.4 is 14.5 Å². The number of nitrogens with zero attached hydrogens (tertiary/aromatic N) is 4. The van der Waals surface area contributed by atoms with Crippen molar-refractivity contribution < 1.29 is 9.84 Å². The fourth-order valence-corrected chi connectivity index (χ4v) is 3.78. The number of unbranched alkanes of at least 4 members (excludes halogenated alkanes) is 2. The number of piperidine rings is 1. The normalized spacial score (nSPS) is 14.5. The van der Waals surface area contributed by atoms with E-state index >= 15 is 0 Å². The van der Waals surface area contributed by atoms with Gasteiger partial charge in [-0.05, 0) is 38.2 Å². The Morgan fingerprint density at radius 2 is 1.71 bits per heavy atom. The molecule has 0 bridgehead atoms. The van der Waals surface area contributed by atoms with Crippen LogP contribution in [0.3, 0.4) is 0 Å².